The number of sulfonamides is 1. The van der Waals surface area contributed by atoms with Crippen LogP contribution in [0.2, 0.25) is 0 Å². The molecule has 0 spiro atoms. The first kappa shape index (κ1) is 23.5. The Hall–Kier alpha value is -3.68. The van der Waals surface area contributed by atoms with Crippen molar-refractivity contribution in [3.05, 3.63) is 59.5 Å². The van der Waals surface area contributed by atoms with E-state index in [-0.39, 0.29) is 15.5 Å². The van der Waals surface area contributed by atoms with Gasteiger partial charge >= 0.3 is 5.97 Å². The minimum absolute atomic E-state index is 0.0486. The standard InChI is InChI=1S/C21H17N3O7S3/c1-30-13-5-6-15-17(10-13)33-21(22-15)23-18(26)11-31-20(27)14-9-12(4-7-16(14)25)24-34(28,29)19-3-2-8-32-19/h2-10,24-25H,11H2,1H3,(H,22,23,26). The number of nitrogens with one attached hydrogen (secondary N) is 2. The van der Waals surface area contributed by atoms with Gasteiger partial charge in [-0.1, -0.05) is 17.4 Å². The average Bonchev–Trinajstić information content (AvgIpc) is 3.48. The molecule has 4 rings (SSSR count). The van der Waals surface area contributed by atoms with Crippen LogP contribution >= 0.6 is 22.7 Å². The van der Waals surface area contributed by atoms with Crippen molar-refractivity contribution in [2.45, 2.75) is 4.21 Å². The van der Waals surface area contributed by atoms with Crippen molar-refractivity contribution in [1.29, 1.82) is 0 Å². The van der Waals surface area contributed by atoms with Crippen LogP contribution in [0, 0.1) is 0 Å². The van der Waals surface area contributed by atoms with Gasteiger partial charge in [-0.2, -0.15) is 0 Å². The average molecular weight is 520 g/mol. The highest BCUT2D eigenvalue weighted by Crippen LogP contribution is 2.29. The lowest BCUT2D eigenvalue weighted by atomic mass is 10.2. The third kappa shape index (κ3) is 5.27. The summed E-state index contributed by atoms with van der Waals surface area (Å²) in [6, 6.07) is 11.9. The van der Waals surface area contributed by atoms with Crippen molar-refractivity contribution >= 4 is 65.6 Å². The number of hydrogen-bond donors (Lipinski definition) is 3. The number of aromatic hydroxyl groups is 1. The second-order valence-electron chi connectivity index (χ2n) is 6.75. The summed E-state index contributed by atoms with van der Waals surface area (Å²) in [4.78, 5) is 28.9. The third-order valence-electron chi connectivity index (χ3n) is 4.40. The zero-order chi connectivity index (χ0) is 24.3. The second kappa shape index (κ2) is 9.67. The van der Waals surface area contributed by atoms with Gasteiger partial charge in [-0.15, -0.1) is 11.3 Å². The van der Waals surface area contributed by atoms with Crippen LogP contribution in [-0.2, 0) is 19.6 Å². The molecule has 4 aromatic rings. The summed E-state index contributed by atoms with van der Waals surface area (Å²) in [5, 5.41) is 14.5. The molecule has 2 heterocycles. The van der Waals surface area contributed by atoms with E-state index in [1.165, 1.54) is 23.5 Å². The Morgan fingerprint density at radius 1 is 1.15 bits per heavy atom. The lowest BCUT2D eigenvalue weighted by Gasteiger charge is -2.10. The zero-order valence-electron chi connectivity index (χ0n) is 17.5. The van der Waals surface area contributed by atoms with Crippen LogP contribution in [0.15, 0.2) is 58.1 Å². The maximum absolute atomic E-state index is 12.4. The molecule has 13 heteroatoms. The Balaban J connectivity index is 1.39. The first-order valence-corrected chi connectivity index (χ1v) is 12.7. The maximum Gasteiger partial charge on any atom is 0.342 e. The fourth-order valence-electron chi connectivity index (χ4n) is 2.83. The number of fused-ring (bicyclic) bond motifs is 1. The van der Waals surface area contributed by atoms with Gasteiger partial charge in [-0.05, 0) is 47.8 Å². The Morgan fingerprint density at radius 3 is 2.71 bits per heavy atom. The number of nitrogens with zero attached hydrogens (tertiary/aromatic N) is 1. The van der Waals surface area contributed by atoms with Crippen LogP contribution in [0.1, 0.15) is 10.4 Å². The number of ether oxygens (including phenoxy) is 2. The van der Waals surface area contributed by atoms with Crippen LogP contribution in [0.3, 0.4) is 0 Å². The highest BCUT2D eigenvalue weighted by molar-refractivity contribution is 7.94. The minimum atomic E-state index is -3.84. The lowest BCUT2D eigenvalue weighted by molar-refractivity contribution is -0.119. The van der Waals surface area contributed by atoms with Gasteiger partial charge in [-0.3, -0.25) is 14.8 Å². The van der Waals surface area contributed by atoms with Crippen molar-refractivity contribution in [3.8, 4) is 11.5 Å². The van der Waals surface area contributed by atoms with Crippen molar-refractivity contribution in [1.82, 2.24) is 4.98 Å². The molecule has 0 unspecified atom stereocenters. The molecular formula is C21H17N3O7S3. The Morgan fingerprint density at radius 2 is 1.97 bits per heavy atom. The Bertz CT molecular complexity index is 1460. The van der Waals surface area contributed by atoms with Crippen LogP contribution in [0.25, 0.3) is 10.2 Å². The smallest absolute Gasteiger partial charge is 0.342 e. The van der Waals surface area contributed by atoms with E-state index in [1.807, 2.05) is 0 Å². The van der Waals surface area contributed by atoms with Gasteiger partial charge in [0.05, 0.1) is 17.3 Å². The molecule has 2 aromatic heterocycles. The normalized spacial score (nSPS) is 11.2. The number of hydrogen-bond acceptors (Lipinski definition) is 10. The molecule has 0 radical (unpaired) electrons. The number of carbonyl (C=O) groups is 2. The summed E-state index contributed by atoms with van der Waals surface area (Å²) >= 11 is 2.26. The molecule has 0 saturated carbocycles. The summed E-state index contributed by atoms with van der Waals surface area (Å²) < 4.78 is 38.1. The summed E-state index contributed by atoms with van der Waals surface area (Å²) in [6.07, 6.45) is 0. The first-order chi connectivity index (χ1) is 16.2. The molecule has 176 valence electrons. The Kier molecular flexibility index (Phi) is 6.68. The number of anilines is 2. The molecule has 0 bridgehead atoms. The largest absolute Gasteiger partial charge is 0.507 e. The monoisotopic (exact) mass is 519 g/mol. The fraction of sp³-hybridized carbons (Fsp3) is 0.0952. The van der Waals surface area contributed by atoms with Gasteiger partial charge in [0, 0.05) is 5.69 Å². The van der Waals surface area contributed by atoms with Crippen molar-refractivity contribution in [2.24, 2.45) is 0 Å². The highest BCUT2D eigenvalue weighted by Gasteiger charge is 2.19. The van der Waals surface area contributed by atoms with Crippen LogP contribution in [0.4, 0.5) is 10.8 Å². The molecule has 0 saturated heterocycles. The van der Waals surface area contributed by atoms with E-state index in [0.29, 0.717) is 16.4 Å². The number of amides is 1. The number of thiophene rings is 1. The third-order valence-corrected chi connectivity index (χ3v) is 8.12. The zero-order valence-corrected chi connectivity index (χ0v) is 19.9. The Labute approximate surface area is 201 Å². The fourth-order valence-corrected chi connectivity index (χ4v) is 5.79. The molecule has 0 aliphatic carbocycles. The summed E-state index contributed by atoms with van der Waals surface area (Å²) in [7, 11) is -2.30. The number of esters is 1. The van der Waals surface area contributed by atoms with Gasteiger partial charge in [0.1, 0.15) is 21.3 Å². The number of thiazole rings is 1. The minimum Gasteiger partial charge on any atom is -0.507 e. The summed E-state index contributed by atoms with van der Waals surface area (Å²) in [5.74, 6) is -1.40. The molecule has 34 heavy (non-hydrogen) atoms. The molecule has 3 N–H and O–H groups in total. The van der Waals surface area contributed by atoms with E-state index < -0.39 is 34.3 Å². The van der Waals surface area contributed by atoms with Crippen LogP contribution in [0.5, 0.6) is 11.5 Å². The predicted octanol–water partition coefficient (Wildman–Crippen LogP) is 3.67. The number of benzene rings is 2. The summed E-state index contributed by atoms with van der Waals surface area (Å²) in [6.45, 7) is -0.636. The number of aromatic nitrogens is 1. The van der Waals surface area contributed by atoms with Gasteiger partial charge in [-0.25, -0.2) is 18.2 Å². The molecule has 1 amide bonds. The molecular weight excluding hydrogens is 502 g/mol. The first-order valence-electron chi connectivity index (χ1n) is 9.56. The lowest BCUT2D eigenvalue weighted by Crippen LogP contribution is -2.21. The van der Waals surface area contributed by atoms with Crippen molar-refractivity contribution in [3.63, 3.8) is 0 Å². The van der Waals surface area contributed by atoms with Crippen molar-refractivity contribution in [2.75, 3.05) is 23.8 Å². The van der Waals surface area contributed by atoms with E-state index in [4.69, 9.17) is 9.47 Å². The number of rotatable bonds is 8. The SMILES string of the molecule is COc1ccc2nc(NC(=O)COC(=O)c3cc(NS(=O)(=O)c4cccs4)ccc3O)sc2c1. The number of phenols is 1. The second-order valence-corrected chi connectivity index (χ2v) is 10.6. The van der Waals surface area contributed by atoms with Gasteiger partial charge in [0.25, 0.3) is 15.9 Å². The van der Waals surface area contributed by atoms with Gasteiger partial charge in [0.2, 0.25) is 0 Å². The van der Waals surface area contributed by atoms with E-state index in [2.05, 4.69) is 15.0 Å². The highest BCUT2D eigenvalue weighted by atomic mass is 32.2. The molecule has 2 aromatic carbocycles. The number of carbonyl (C=O) groups excluding carboxylic acids is 2. The number of methoxy groups -OCH3 is 1. The maximum atomic E-state index is 12.4. The number of phenolic OH excluding ortho intramolecular Hbond substituents is 1. The van der Waals surface area contributed by atoms with E-state index in [1.54, 1.807) is 36.8 Å². The van der Waals surface area contributed by atoms with E-state index in [9.17, 15) is 23.1 Å². The molecule has 0 aliphatic rings. The quantitative estimate of drug-likeness (QED) is 0.236. The van der Waals surface area contributed by atoms with E-state index >= 15 is 0 Å². The molecule has 0 aliphatic heterocycles. The summed E-state index contributed by atoms with van der Waals surface area (Å²) in [5.41, 5.74) is 0.420. The van der Waals surface area contributed by atoms with Gasteiger partial charge < -0.3 is 14.6 Å². The molecule has 0 fully saturated rings. The predicted molar refractivity (Wildman–Crippen MR) is 128 cm³/mol. The molecule has 10 nitrogen and oxygen atoms in total. The topological polar surface area (TPSA) is 144 Å². The molecule has 0 atom stereocenters. The van der Waals surface area contributed by atoms with E-state index in [0.717, 1.165) is 28.2 Å². The van der Waals surface area contributed by atoms with Gasteiger partial charge in [0.15, 0.2) is 11.7 Å². The van der Waals surface area contributed by atoms with Crippen LogP contribution < -0.4 is 14.8 Å². The van der Waals surface area contributed by atoms with Crippen molar-refractivity contribution < 1.29 is 32.6 Å². The van der Waals surface area contributed by atoms with Crippen LogP contribution in [-0.4, -0.2) is 44.1 Å².